The van der Waals surface area contributed by atoms with Gasteiger partial charge in [-0.05, 0) is 60.7 Å². The highest BCUT2D eigenvalue weighted by atomic mass is 79.9. The summed E-state index contributed by atoms with van der Waals surface area (Å²) in [7, 11) is 1.71. The van der Waals surface area contributed by atoms with Crippen molar-refractivity contribution in [3.8, 4) is 11.5 Å². The van der Waals surface area contributed by atoms with Crippen LogP contribution in [0.5, 0.6) is 11.5 Å². The number of hydrogen-bond donors (Lipinski definition) is 0. The van der Waals surface area contributed by atoms with Gasteiger partial charge in [0.1, 0.15) is 30.2 Å². The monoisotopic (exact) mass is 765 g/mol. The van der Waals surface area contributed by atoms with Crippen molar-refractivity contribution in [3.63, 3.8) is 0 Å². The number of hydrogen-bond acceptors (Lipinski definition) is 6. The number of benzene rings is 5. The summed E-state index contributed by atoms with van der Waals surface area (Å²) in [6, 6.07) is 36.1. The Labute approximate surface area is 295 Å². The van der Waals surface area contributed by atoms with E-state index in [0.717, 1.165) is 34.3 Å². The smallest absolute Gasteiger partial charge is 0.202 e. The first-order valence-electron chi connectivity index (χ1n) is 15.7. The number of fused-ring (bicyclic) bond motifs is 2. The first-order valence-corrected chi connectivity index (χ1v) is 17.3. The number of pyridine rings is 1. The minimum absolute atomic E-state index is 0.157. The molecule has 9 heteroatoms. The van der Waals surface area contributed by atoms with Gasteiger partial charge in [0.2, 0.25) is 5.43 Å². The molecule has 0 saturated heterocycles. The lowest BCUT2D eigenvalue weighted by Crippen LogP contribution is -2.27. The third-order valence-electron chi connectivity index (χ3n) is 8.41. The van der Waals surface area contributed by atoms with Crippen LogP contribution in [-0.2, 0) is 31.0 Å². The zero-order valence-corrected chi connectivity index (χ0v) is 29.5. The fourth-order valence-electron chi connectivity index (χ4n) is 6.09. The molecule has 0 fully saturated rings. The van der Waals surface area contributed by atoms with Crippen LogP contribution in [0.1, 0.15) is 22.4 Å². The summed E-state index contributed by atoms with van der Waals surface area (Å²) in [5.74, 6) is 0.978. The lowest BCUT2D eigenvalue weighted by atomic mass is 10.1. The van der Waals surface area contributed by atoms with E-state index in [1.165, 1.54) is 5.56 Å². The van der Waals surface area contributed by atoms with Crippen molar-refractivity contribution in [1.29, 1.82) is 0 Å². The van der Waals surface area contributed by atoms with E-state index in [0.29, 0.717) is 69.6 Å². The molecule has 2 aromatic heterocycles. The maximum absolute atomic E-state index is 14.7. The van der Waals surface area contributed by atoms with Crippen LogP contribution in [0.15, 0.2) is 123 Å². The molecule has 0 bridgehead atoms. The van der Waals surface area contributed by atoms with Crippen LogP contribution in [0.25, 0.3) is 27.2 Å². The molecule has 0 aliphatic carbocycles. The second-order valence-corrected chi connectivity index (χ2v) is 13.4. The van der Waals surface area contributed by atoms with Gasteiger partial charge in [0.15, 0.2) is 0 Å². The highest BCUT2D eigenvalue weighted by Crippen LogP contribution is 2.42. The summed E-state index contributed by atoms with van der Waals surface area (Å²) in [4.78, 5) is 17.0. The van der Waals surface area contributed by atoms with Crippen molar-refractivity contribution in [1.82, 2.24) is 14.5 Å². The molecule has 0 unspecified atom stereocenters. The van der Waals surface area contributed by atoms with Crippen LogP contribution >= 0.6 is 31.9 Å². The van der Waals surface area contributed by atoms with Crippen LogP contribution in [0.4, 0.5) is 0 Å². The second kappa shape index (κ2) is 14.5. The number of nitrogens with zero attached hydrogens (tertiary/aromatic N) is 3. The van der Waals surface area contributed by atoms with Crippen LogP contribution in [-0.4, -0.2) is 34.8 Å². The summed E-state index contributed by atoms with van der Waals surface area (Å²) >= 11 is 7.43. The number of aromatic nitrogens is 2. The topological polar surface area (TPSA) is 65.3 Å². The predicted octanol–water partition coefficient (Wildman–Crippen LogP) is 8.77. The highest BCUT2D eigenvalue weighted by molar-refractivity contribution is 9.11. The lowest BCUT2D eigenvalue weighted by Gasteiger charge is -2.21. The molecule has 0 radical (unpaired) electrons. The SMILES string of the molecule is COCCN(Cc1ccccc1)Cc1nn2c3c(OCc4ccccc4)cc(Br)c(OCc4ccccc4)c3c(=O)c3c(Br)ccc1c32. The van der Waals surface area contributed by atoms with E-state index in [9.17, 15) is 4.79 Å². The summed E-state index contributed by atoms with van der Waals surface area (Å²) in [5, 5.41) is 7.10. The maximum atomic E-state index is 14.7. The highest BCUT2D eigenvalue weighted by Gasteiger charge is 2.26. The fourth-order valence-corrected chi connectivity index (χ4v) is 7.11. The summed E-state index contributed by atoms with van der Waals surface area (Å²) in [6.45, 7) is 3.20. The van der Waals surface area contributed by atoms with E-state index in [4.69, 9.17) is 19.3 Å². The Morgan fingerprint density at radius 1 is 0.708 bits per heavy atom. The van der Waals surface area contributed by atoms with Crippen molar-refractivity contribution in [2.24, 2.45) is 0 Å². The van der Waals surface area contributed by atoms with E-state index in [-0.39, 0.29) is 5.43 Å². The molecule has 0 amide bonds. The third-order valence-corrected chi connectivity index (χ3v) is 9.66. The van der Waals surface area contributed by atoms with E-state index in [1.54, 1.807) is 7.11 Å². The van der Waals surface area contributed by atoms with E-state index < -0.39 is 0 Å². The zero-order valence-electron chi connectivity index (χ0n) is 26.4. The third kappa shape index (κ3) is 6.56. The number of methoxy groups -OCH3 is 1. The maximum Gasteiger partial charge on any atom is 0.202 e. The van der Waals surface area contributed by atoms with Crippen molar-refractivity contribution >= 4 is 59.1 Å². The van der Waals surface area contributed by atoms with Gasteiger partial charge in [-0.2, -0.15) is 5.10 Å². The van der Waals surface area contributed by atoms with Gasteiger partial charge in [-0.15, -0.1) is 0 Å². The van der Waals surface area contributed by atoms with E-state index in [2.05, 4.69) is 61.0 Å². The van der Waals surface area contributed by atoms with E-state index >= 15 is 0 Å². The predicted molar refractivity (Wildman–Crippen MR) is 197 cm³/mol. The zero-order chi connectivity index (χ0) is 33.0. The van der Waals surface area contributed by atoms with Crippen LogP contribution in [0, 0.1) is 0 Å². The Morgan fingerprint density at radius 2 is 1.33 bits per heavy atom. The Kier molecular flexibility index (Phi) is 9.72. The standard InChI is InChI=1S/C39H33Br2N3O4/c1-46-20-19-43(22-26-11-5-2-6-12-26)23-32-29-17-18-30(40)34-36(29)44(42-32)37-33(47-24-27-13-7-3-8-14-27)21-31(41)39(35(37)38(34)45)48-25-28-15-9-4-10-16-28/h2-18,21H,19-20,22-25H2,1H3. The molecule has 0 spiro atoms. The van der Waals surface area contributed by atoms with Gasteiger partial charge in [0, 0.05) is 42.7 Å². The molecule has 48 heavy (non-hydrogen) atoms. The first kappa shape index (κ1) is 32.3. The first-order chi connectivity index (χ1) is 23.5. The molecular weight excluding hydrogens is 734 g/mol. The van der Waals surface area contributed by atoms with Crippen LogP contribution in [0.2, 0.25) is 0 Å². The molecule has 0 saturated carbocycles. The van der Waals surface area contributed by atoms with Crippen LogP contribution < -0.4 is 14.9 Å². The molecule has 7 aromatic rings. The normalized spacial score (nSPS) is 11.7. The molecule has 242 valence electrons. The van der Waals surface area contributed by atoms with Crippen molar-refractivity contribution < 1.29 is 14.2 Å². The summed E-state index contributed by atoms with van der Waals surface area (Å²) in [6.07, 6.45) is 0. The van der Waals surface area contributed by atoms with Gasteiger partial charge in [0.25, 0.3) is 0 Å². The minimum Gasteiger partial charge on any atom is -0.487 e. The summed E-state index contributed by atoms with van der Waals surface area (Å²) in [5.41, 5.74) is 5.21. The molecule has 2 heterocycles. The number of ether oxygens (including phenoxy) is 3. The Hall–Kier alpha value is -4.28. The molecule has 0 atom stereocenters. The van der Waals surface area contributed by atoms with Crippen molar-refractivity contribution in [2.75, 3.05) is 20.3 Å². The fraction of sp³-hybridized carbons (Fsp3) is 0.179. The second-order valence-electron chi connectivity index (χ2n) is 11.7. The lowest BCUT2D eigenvalue weighted by molar-refractivity contribution is 0.139. The van der Waals surface area contributed by atoms with Gasteiger partial charge < -0.3 is 14.2 Å². The number of rotatable bonds is 13. The Balaban J connectivity index is 1.42. The van der Waals surface area contributed by atoms with Crippen molar-refractivity contribution in [2.45, 2.75) is 26.3 Å². The van der Waals surface area contributed by atoms with Gasteiger partial charge in [-0.1, -0.05) is 91.0 Å². The molecule has 7 rings (SSSR count). The Bertz CT molecular complexity index is 2230. The molecule has 5 aromatic carbocycles. The van der Waals surface area contributed by atoms with Crippen molar-refractivity contribution in [3.05, 3.63) is 151 Å². The molecular formula is C39H33Br2N3O4. The van der Waals surface area contributed by atoms with Gasteiger partial charge >= 0.3 is 0 Å². The average molecular weight is 768 g/mol. The van der Waals surface area contributed by atoms with Gasteiger partial charge in [-0.25, -0.2) is 4.52 Å². The largest absolute Gasteiger partial charge is 0.487 e. The molecule has 0 aliphatic rings. The van der Waals surface area contributed by atoms with Gasteiger partial charge in [0.05, 0.1) is 33.1 Å². The Morgan fingerprint density at radius 3 is 1.98 bits per heavy atom. The average Bonchev–Trinajstić information content (AvgIpc) is 3.47. The number of halogens is 2. The summed E-state index contributed by atoms with van der Waals surface area (Å²) < 4.78 is 21.6. The quantitative estimate of drug-likeness (QED) is 0.109. The van der Waals surface area contributed by atoms with E-state index in [1.807, 2.05) is 89.4 Å². The van der Waals surface area contributed by atoms with Gasteiger partial charge in [-0.3, -0.25) is 9.69 Å². The van der Waals surface area contributed by atoms with Crippen LogP contribution in [0.3, 0.4) is 0 Å². The molecule has 7 nitrogen and oxygen atoms in total. The minimum atomic E-state index is -0.157. The molecule has 0 aliphatic heterocycles. The molecule has 0 N–H and O–H groups in total.